The Labute approximate surface area is 169 Å². The Balaban J connectivity index is 1.86. The second-order valence-electron chi connectivity index (χ2n) is 6.65. The third kappa shape index (κ3) is 4.14. The number of sulfonamides is 1. The second-order valence-corrected chi connectivity index (χ2v) is 8.33. The first-order valence-electron chi connectivity index (χ1n) is 8.69. The number of halogens is 3. The van der Waals surface area contributed by atoms with Crippen molar-refractivity contribution in [2.75, 3.05) is 11.4 Å². The number of nitro groups is 1. The quantitative estimate of drug-likeness (QED) is 0.565. The third-order valence-corrected chi connectivity index (χ3v) is 6.22. The van der Waals surface area contributed by atoms with Crippen LogP contribution in [0.3, 0.4) is 0 Å². The van der Waals surface area contributed by atoms with E-state index in [4.69, 9.17) is 0 Å². The Morgan fingerprint density at radius 2 is 1.90 bits per heavy atom. The van der Waals surface area contributed by atoms with Crippen LogP contribution in [0.25, 0.3) is 0 Å². The van der Waals surface area contributed by atoms with Crippen LogP contribution in [0.2, 0.25) is 0 Å². The maximum Gasteiger partial charge on any atom is 0.417 e. The van der Waals surface area contributed by atoms with E-state index < -0.39 is 43.5 Å². The van der Waals surface area contributed by atoms with Crippen LogP contribution in [-0.4, -0.2) is 31.8 Å². The number of alkyl halides is 3. The number of nitrogens with one attached hydrogen (secondary N) is 1. The summed E-state index contributed by atoms with van der Waals surface area (Å²) in [5, 5.41) is 11.0. The molecule has 1 N–H and O–H groups in total. The number of benzene rings is 2. The van der Waals surface area contributed by atoms with Gasteiger partial charge in [-0.3, -0.25) is 14.9 Å². The van der Waals surface area contributed by atoms with Crippen LogP contribution in [0, 0.1) is 10.1 Å². The van der Waals surface area contributed by atoms with Gasteiger partial charge in [0, 0.05) is 18.7 Å². The van der Waals surface area contributed by atoms with E-state index in [0.29, 0.717) is 18.1 Å². The smallest absolute Gasteiger partial charge is 0.310 e. The number of carbonyl (C=O) groups excluding carboxylic acids is 1. The topological polar surface area (TPSA) is 110 Å². The summed E-state index contributed by atoms with van der Waals surface area (Å²) in [6.07, 6.45) is -4.49. The van der Waals surface area contributed by atoms with Crippen LogP contribution >= 0.6 is 0 Å². The first-order chi connectivity index (χ1) is 13.9. The highest BCUT2D eigenvalue weighted by Crippen LogP contribution is 2.35. The minimum absolute atomic E-state index is 0.167. The number of non-ortho nitro benzene ring substituents is 1. The minimum atomic E-state index is -4.90. The van der Waals surface area contributed by atoms with Gasteiger partial charge in [0.2, 0.25) is 15.9 Å². The fourth-order valence-electron chi connectivity index (χ4n) is 3.23. The van der Waals surface area contributed by atoms with Crippen molar-refractivity contribution in [1.29, 1.82) is 0 Å². The van der Waals surface area contributed by atoms with E-state index in [-0.39, 0.29) is 17.9 Å². The van der Waals surface area contributed by atoms with Gasteiger partial charge in [-0.15, -0.1) is 0 Å². The Kier molecular flexibility index (Phi) is 5.56. The van der Waals surface area contributed by atoms with Crippen LogP contribution < -0.4 is 9.62 Å². The molecule has 30 heavy (non-hydrogen) atoms. The molecule has 0 spiro atoms. The van der Waals surface area contributed by atoms with Gasteiger partial charge in [-0.25, -0.2) is 8.42 Å². The fourth-order valence-corrected chi connectivity index (χ4v) is 4.65. The predicted octanol–water partition coefficient (Wildman–Crippen LogP) is 2.87. The van der Waals surface area contributed by atoms with Crippen molar-refractivity contribution in [3.8, 4) is 0 Å². The van der Waals surface area contributed by atoms with Crippen LogP contribution in [0.15, 0.2) is 47.4 Å². The van der Waals surface area contributed by atoms with E-state index in [1.54, 1.807) is 0 Å². The molecule has 1 aliphatic rings. The summed E-state index contributed by atoms with van der Waals surface area (Å²) in [6.45, 7) is 1.37. The maximum absolute atomic E-state index is 13.2. The lowest BCUT2D eigenvalue weighted by Gasteiger charge is -2.23. The SMILES string of the molecule is C[C@H](NS(=O)(=O)c1ccccc1C(F)(F)F)C(=O)N1CCc2ccc([N+](=O)[O-])cc21. The molecule has 0 bridgehead atoms. The molecular formula is C18H16F3N3O5S. The Hall–Kier alpha value is -2.99. The zero-order chi connectivity index (χ0) is 22.3. The van der Waals surface area contributed by atoms with Gasteiger partial charge in [-0.05, 0) is 31.0 Å². The van der Waals surface area contributed by atoms with Gasteiger partial charge in [0.15, 0.2) is 0 Å². The van der Waals surface area contributed by atoms with Gasteiger partial charge in [-0.2, -0.15) is 17.9 Å². The summed E-state index contributed by atoms with van der Waals surface area (Å²) < 4.78 is 66.6. The van der Waals surface area contributed by atoms with Gasteiger partial charge < -0.3 is 4.90 Å². The van der Waals surface area contributed by atoms with Crippen LogP contribution in [0.4, 0.5) is 24.5 Å². The molecule has 3 rings (SSSR count). The number of nitro benzene ring substituents is 1. The van der Waals surface area contributed by atoms with E-state index in [1.807, 2.05) is 4.72 Å². The lowest BCUT2D eigenvalue weighted by atomic mass is 10.1. The van der Waals surface area contributed by atoms with Gasteiger partial charge in [-0.1, -0.05) is 18.2 Å². The zero-order valence-corrected chi connectivity index (χ0v) is 16.3. The Morgan fingerprint density at radius 1 is 1.23 bits per heavy atom. The van der Waals surface area contributed by atoms with Crippen LogP contribution in [0.1, 0.15) is 18.1 Å². The van der Waals surface area contributed by atoms with Crippen molar-refractivity contribution in [2.45, 2.75) is 30.5 Å². The van der Waals surface area contributed by atoms with E-state index >= 15 is 0 Å². The normalized spacial score (nSPS) is 15.0. The summed E-state index contributed by atoms with van der Waals surface area (Å²) >= 11 is 0. The molecular weight excluding hydrogens is 427 g/mol. The average Bonchev–Trinajstić information content (AvgIpc) is 3.09. The van der Waals surface area contributed by atoms with Gasteiger partial charge >= 0.3 is 6.18 Å². The number of hydrogen-bond acceptors (Lipinski definition) is 5. The molecule has 0 unspecified atom stereocenters. The Morgan fingerprint density at radius 3 is 2.53 bits per heavy atom. The summed E-state index contributed by atoms with van der Waals surface area (Å²) in [5.74, 6) is -0.734. The molecule has 0 aliphatic carbocycles. The van der Waals surface area contributed by atoms with Crippen molar-refractivity contribution in [3.63, 3.8) is 0 Å². The lowest BCUT2D eigenvalue weighted by molar-refractivity contribution is -0.384. The molecule has 0 aromatic heterocycles. The lowest BCUT2D eigenvalue weighted by Crippen LogP contribution is -2.46. The number of rotatable bonds is 5. The molecule has 2 aromatic rings. The minimum Gasteiger partial charge on any atom is -0.310 e. The number of anilines is 1. The molecule has 1 atom stereocenters. The maximum atomic E-state index is 13.2. The largest absolute Gasteiger partial charge is 0.417 e. The van der Waals surface area contributed by atoms with E-state index in [9.17, 15) is 36.5 Å². The first-order valence-corrected chi connectivity index (χ1v) is 10.2. The molecule has 1 heterocycles. The molecule has 12 heteroatoms. The molecule has 0 saturated carbocycles. The number of hydrogen-bond donors (Lipinski definition) is 1. The van der Waals surface area contributed by atoms with Crippen molar-refractivity contribution in [1.82, 2.24) is 4.72 Å². The van der Waals surface area contributed by atoms with Gasteiger partial charge in [0.25, 0.3) is 5.69 Å². The highest BCUT2D eigenvalue weighted by molar-refractivity contribution is 7.89. The van der Waals surface area contributed by atoms with Gasteiger partial charge in [0.05, 0.1) is 27.1 Å². The van der Waals surface area contributed by atoms with E-state index in [1.165, 1.54) is 30.0 Å². The van der Waals surface area contributed by atoms with Crippen molar-refractivity contribution < 1.29 is 31.3 Å². The summed E-state index contributed by atoms with van der Waals surface area (Å²) in [6, 6.07) is 6.26. The first kappa shape index (κ1) is 21.7. The molecule has 0 radical (unpaired) electrons. The highest BCUT2D eigenvalue weighted by atomic mass is 32.2. The predicted molar refractivity (Wildman–Crippen MR) is 100 cm³/mol. The average molecular weight is 443 g/mol. The van der Waals surface area contributed by atoms with Crippen LogP contribution in [0.5, 0.6) is 0 Å². The standard InChI is InChI=1S/C18H16F3N3O5S/c1-11(22-30(28,29)16-5-3-2-4-14(16)18(19,20)21)17(25)23-9-8-12-6-7-13(24(26)27)10-15(12)23/h2-7,10-11,22H,8-9H2,1H3/t11-/m0/s1. The molecule has 1 amide bonds. The van der Waals surface area contributed by atoms with Gasteiger partial charge in [0.1, 0.15) is 0 Å². The number of carbonyl (C=O) groups is 1. The molecule has 160 valence electrons. The molecule has 0 fully saturated rings. The molecule has 8 nitrogen and oxygen atoms in total. The summed E-state index contributed by atoms with van der Waals surface area (Å²) in [5.41, 5.74) is -0.637. The second kappa shape index (κ2) is 7.69. The number of fused-ring (bicyclic) bond motifs is 1. The summed E-state index contributed by atoms with van der Waals surface area (Å²) in [4.78, 5) is 23.3. The number of amides is 1. The molecule has 2 aromatic carbocycles. The zero-order valence-electron chi connectivity index (χ0n) is 15.5. The van der Waals surface area contributed by atoms with Crippen molar-refractivity contribution in [3.05, 3.63) is 63.7 Å². The van der Waals surface area contributed by atoms with Crippen molar-refractivity contribution >= 4 is 27.3 Å². The third-order valence-electron chi connectivity index (χ3n) is 4.63. The molecule has 1 aliphatic heterocycles. The fraction of sp³-hybridized carbons (Fsp3) is 0.278. The molecule has 0 saturated heterocycles. The van der Waals surface area contributed by atoms with Crippen LogP contribution in [-0.2, 0) is 27.4 Å². The van der Waals surface area contributed by atoms with Crippen molar-refractivity contribution in [2.24, 2.45) is 0 Å². The van der Waals surface area contributed by atoms with E-state index in [2.05, 4.69) is 0 Å². The highest BCUT2D eigenvalue weighted by Gasteiger charge is 2.38. The van der Waals surface area contributed by atoms with E-state index in [0.717, 1.165) is 18.2 Å². The summed E-state index contributed by atoms with van der Waals surface area (Å²) in [7, 11) is -4.67. The monoisotopic (exact) mass is 443 g/mol. The Bertz CT molecular complexity index is 1120. The number of nitrogens with zero attached hydrogens (tertiary/aromatic N) is 2.